The number of carbonyl (C=O) groups excluding carboxylic acids is 2. The molecule has 0 aliphatic carbocycles. The Bertz CT molecular complexity index is 558. The maximum atomic E-state index is 11.8. The van der Waals surface area contributed by atoms with Crippen LogP contribution in [-0.4, -0.2) is 33.5 Å². The molecule has 0 spiro atoms. The minimum atomic E-state index is -1.19. The minimum absolute atomic E-state index is 0.00136. The van der Waals surface area contributed by atoms with Crippen molar-refractivity contribution in [3.63, 3.8) is 0 Å². The average molecular weight is 334 g/mol. The Morgan fingerprint density at radius 3 is 2.25 bits per heavy atom. The monoisotopic (exact) mass is 334 g/mol. The van der Waals surface area contributed by atoms with Crippen LogP contribution in [-0.2, 0) is 9.59 Å². The Kier molecular flexibility index (Phi) is 9.41. The van der Waals surface area contributed by atoms with E-state index in [-0.39, 0.29) is 18.0 Å². The van der Waals surface area contributed by atoms with Crippen molar-refractivity contribution in [2.45, 2.75) is 65.6 Å². The summed E-state index contributed by atoms with van der Waals surface area (Å²) >= 11 is 0. The number of aliphatic hydroxyl groups is 2. The van der Waals surface area contributed by atoms with Crippen molar-refractivity contribution < 1.29 is 19.8 Å². The van der Waals surface area contributed by atoms with E-state index in [0.29, 0.717) is 18.4 Å². The van der Waals surface area contributed by atoms with Gasteiger partial charge in [-0.3, -0.25) is 9.59 Å². The minimum Gasteiger partial charge on any atom is -0.386 e. The molecule has 0 fully saturated rings. The van der Waals surface area contributed by atoms with Crippen LogP contribution >= 0.6 is 0 Å². The second-order valence-corrected chi connectivity index (χ2v) is 6.71. The number of hydrogen-bond donors (Lipinski definition) is 2. The zero-order valence-corrected chi connectivity index (χ0v) is 15.4. The molecule has 0 aliphatic heterocycles. The second-order valence-electron chi connectivity index (χ2n) is 6.71. The van der Waals surface area contributed by atoms with Gasteiger partial charge in [0, 0.05) is 6.42 Å². The molecule has 4 nitrogen and oxygen atoms in total. The third-order valence-corrected chi connectivity index (χ3v) is 3.52. The summed E-state index contributed by atoms with van der Waals surface area (Å²) in [6.45, 7) is 12.2. The normalized spacial score (nSPS) is 16.1. The van der Waals surface area contributed by atoms with Gasteiger partial charge in [0.15, 0.2) is 11.6 Å². The molecule has 0 rings (SSSR count). The number of carbonyl (C=O) groups is 2. The molecule has 0 aromatic heterocycles. The lowest BCUT2D eigenvalue weighted by molar-refractivity contribution is -0.120. The van der Waals surface area contributed by atoms with E-state index in [2.05, 4.69) is 6.58 Å². The Labute approximate surface area is 145 Å². The molecular weight excluding hydrogens is 304 g/mol. The maximum Gasteiger partial charge on any atom is 0.188 e. The van der Waals surface area contributed by atoms with Gasteiger partial charge >= 0.3 is 0 Å². The standard InChI is InChI=1S/C20H30O4/c1-7-20(6,24)13-17(21)12-15(4)9-8-10-16(5)19(23)18(22)11-14(2)3/h7,10-12,19,23-24H,1,8-9,13H2,2-6H3/b15-12-,16-10+/t19-,20-/m1/s1. The van der Waals surface area contributed by atoms with Gasteiger partial charge in [0.1, 0.15) is 6.10 Å². The highest BCUT2D eigenvalue weighted by atomic mass is 16.3. The highest BCUT2D eigenvalue weighted by Crippen LogP contribution is 2.14. The molecule has 0 unspecified atom stereocenters. The van der Waals surface area contributed by atoms with Gasteiger partial charge in [-0.05, 0) is 65.2 Å². The van der Waals surface area contributed by atoms with Gasteiger partial charge in [-0.15, -0.1) is 6.58 Å². The van der Waals surface area contributed by atoms with Crippen LogP contribution < -0.4 is 0 Å². The quantitative estimate of drug-likeness (QED) is 0.474. The van der Waals surface area contributed by atoms with Crippen LogP contribution in [0, 0.1) is 0 Å². The van der Waals surface area contributed by atoms with E-state index in [4.69, 9.17) is 0 Å². The zero-order chi connectivity index (χ0) is 18.9. The van der Waals surface area contributed by atoms with Crippen LogP contribution in [0.4, 0.5) is 0 Å². The Morgan fingerprint density at radius 1 is 1.17 bits per heavy atom. The van der Waals surface area contributed by atoms with Crippen LogP contribution in [0.1, 0.15) is 53.9 Å². The van der Waals surface area contributed by atoms with Crippen molar-refractivity contribution in [1.82, 2.24) is 0 Å². The summed E-state index contributed by atoms with van der Waals surface area (Å²) in [5.74, 6) is -0.477. The lowest BCUT2D eigenvalue weighted by Crippen LogP contribution is -2.23. The fourth-order valence-electron chi connectivity index (χ4n) is 2.05. The predicted octanol–water partition coefficient (Wildman–Crippen LogP) is 3.45. The van der Waals surface area contributed by atoms with Crippen LogP contribution in [0.25, 0.3) is 0 Å². The molecule has 0 aromatic rings. The SMILES string of the molecule is C=C[C@@](C)(O)CC(=O)/C=C(/C)CC/C=C(\C)[C@@H](O)C(=O)C=C(C)C. The van der Waals surface area contributed by atoms with Crippen molar-refractivity contribution in [2.75, 3.05) is 0 Å². The molecule has 24 heavy (non-hydrogen) atoms. The Hall–Kier alpha value is -1.78. The number of aliphatic hydroxyl groups excluding tert-OH is 1. The Morgan fingerprint density at radius 2 is 1.75 bits per heavy atom. The van der Waals surface area contributed by atoms with Gasteiger partial charge in [-0.1, -0.05) is 23.3 Å². The van der Waals surface area contributed by atoms with Crippen molar-refractivity contribution >= 4 is 11.6 Å². The first-order chi connectivity index (χ1) is 11.0. The number of allylic oxidation sites excluding steroid dienone is 4. The first kappa shape index (κ1) is 22.2. The van der Waals surface area contributed by atoms with Crippen molar-refractivity contribution in [1.29, 1.82) is 0 Å². The summed E-state index contributed by atoms with van der Waals surface area (Å²) in [6, 6.07) is 0. The zero-order valence-electron chi connectivity index (χ0n) is 15.4. The third-order valence-electron chi connectivity index (χ3n) is 3.52. The van der Waals surface area contributed by atoms with Crippen LogP contribution in [0.2, 0.25) is 0 Å². The molecule has 0 aliphatic rings. The van der Waals surface area contributed by atoms with Crippen molar-refractivity contribution in [3.8, 4) is 0 Å². The topological polar surface area (TPSA) is 74.6 Å². The van der Waals surface area contributed by atoms with Crippen LogP contribution in [0.3, 0.4) is 0 Å². The van der Waals surface area contributed by atoms with E-state index in [1.54, 1.807) is 20.8 Å². The molecule has 0 saturated carbocycles. The molecule has 134 valence electrons. The van der Waals surface area contributed by atoms with Crippen molar-refractivity contribution in [3.05, 3.63) is 47.6 Å². The summed E-state index contributed by atoms with van der Waals surface area (Å²) in [5.41, 5.74) is 1.14. The van der Waals surface area contributed by atoms with Gasteiger partial charge in [-0.25, -0.2) is 0 Å². The first-order valence-corrected chi connectivity index (χ1v) is 8.08. The molecule has 0 saturated heterocycles. The molecule has 0 heterocycles. The van der Waals surface area contributed by atoms with Crippen molar-refractivity contribution in [2.24, 2.45) is 0 Å². The number of rotatable bonds is 10. The molecule has 0 radical (unpaired) electrons. The molecule has 0 amide bonds. The summed E-state index contributed by atoms with van der Waals surface area (Å²) in [4.78, 5) is 23.6. The van der Waals surface area contributed by atoms with E-state index >= 15 is 0 Å². The van der Waals surface area contributed by atoms with E-state index in [9.17, 15) is 19.8 Å². The van der Waals surface area contributed by atoms with Crippen LogP contribution in [0.15, 0.2) is 47.6 Å². The molecule has 0 aromatic carbocycles. The molecule has 2 atom stereocenters. The molecular formula is C20H30O4. The first-order valence-electron chi connectivity index (χ1n) is 8.08. The van der Waals surface area contributed by atoms with Crippen LogP contribution in [0.5, 0.6) is 0 Å². The lowest BCUT2D eigenvalue weighted by Gasteiger charge is -2.16. The predicted molar refractivity (Wildman–Crippen MR) is 97.6 cm³/mol. The fourth-order valence-corrected chi connectivity index (χ4v) is 2.05. The fraction of sp³-hybridized carbons (Fsp3) is 0.500. The smallest absolute Gasteiger partial charge is 0.188 e. The Balaban J connectivity index is 4.60. The van der Waals surface area contributed by atoms with Gasteiger partial charge in [0.25, 0.3) is 0 Å². The summed E-state index contributed by atoms with van der Waals surface area (Å²) in [6.07, 6.45) is 6.26. The summed E-state index contributed by atoms with van der Waals surface area (Å²) in [7, 11) is 0. The summed E-state index contributed by atoms with van der Waals surface area (Å²) in [5, 5.41) is 19.7. The maximum absolute atomic E-state index is 11.8. The highest BCUT2D eigenvalue weighted by molar-refractivity contribution is 5.95. The average Bonchev–Trinajstić information content (AvgIpc) is 2.44. The number of ketones is 2. The van der Waals surface area contributed by atoms with E-state index in [1.165, 1.54) is 25.2 Å². The van der Waals surface area contributed by atoms with E-state index < -0.39 is 11.7 Å². The van der Waals surface area contributed by atoms with Gasteiger partial charge in [0.05, 0.1) is 5.60 Å². The third kappa shape index (κ3) is 9.38. The summed E-state index contributed by atoms with van der Waals surface area (Å²) < 4.78 is 0. The largest absolute Gasteiger partial charge is 0.386 e. The lowest BCUT2D eigenvalue weighted by atomic mass is 9.98. The molecule has 0 bridgehead atoms. The van der Waals surface area contributed by atoms with E-state index in [1.807, 2.05) is 13.0 Å². The van der Waals surface area contributed by atoms with E-state index in [0.717, 1.165) is 11.1 Å². The molecule has 4 heteroatoms. The second kappa shape index (κ2) is 10.2. The van der Waals surface area contributed by atoms with Gasteiger partial charge in [0.2, 0.25) is 0 Å². The number of hydrogen-bond acceptors (Lipinski definition) is 4. The van der Waals surface area contributed by atoms with Gasteiger partial charge < -0.3 is 10.2 Å². The highest BCUT2D eigenvalue weighted by Gasteiger charge is 2.19. The van der Waals surface area contributed by atoms with Gasteiger partial charge in [-0.2, -0.15) is 0 Å². The molecule has 2 N–H and O–H groups in total.